The molecule has 0 aromatic rings. The average molecular weight is 434 g/mol. The normalized spacial score (nSPS) is 44.0. The van der Waals surface area contributed by atoms with Crippen molar-refractivity contribution in [2.45, 2.75) is 77.5 Å². The van der Waals surface area contributed by atoms with E-state index in [0.29, 0.717) is 23.3 Å². The molecule has 0 amide bonds. The van der Waals surface area contributed by atoms with E-state index in [-0.39, 0.29) is 10.8 Å². The van der Waals surface area contributed by atoms with Gasteiger partial charge >= 0.3 is 0 Å². The molecule has 0 aromatic carbocycles. The van der Waals surface area contributed by atoms with Crippen molar-refractivity contribution in [2.75, 3.05) is 12.6 Å². The van der Waals surface area contributed by atoms with Gasteiger partial charge in [-0.25, -0.2) is 0 Å². The van der Waals surface area contributed by atoms with E-state index < -0.39 is 13.9 Å². The number of methoxy groups -OCH3 is 1. The standard InChI is InChI=1S/C24H36ClNO2Si/c1-22-11-8-18(27-3)14-17(22)6-7-19-20(22)9-12-23(2)21(19)10-13-24(23,15-26)28-29(4,5)16-25/h6,14,19-21H,7-13,16H2,1-5H3/t19-,20+,21+,22+,23+,24+/m1/s1. The molecule has 0 spiro atoms. The fourth-order valence-corrected chi connectivity index (χ4v) is 8.87. The number of rotatable bonds is 4. The summed E-state index contributed by atoms with van der Waals surface area (Å²) in [6, 6.07) is 2.69. The minimum Gasteiger partial charge on any atom is -0.501 e. The first kappa shape index (κ1) is 21.5. The molecule has 0 radical (unpaired) electrons. The van der Waals surface area contributed by atoms with Gasteiger partial charge in [-0.2, -0.15) is 5.26 Å². The first-order valence-corrected chi connectivity index (χ1v) is 14.9. The number of allylic oxidation sites excluding steroid dienone is 4. The number of hydrogen-bond donors (Lipinski definition) is 0. The lowest BCUT2D eigenvalue weighted by Gasteiger charge is -2.58. The van der Waals surface area contributed by atoms with Gasteiger partial charge in [-0.15, -0.1) is 11.6 Å². The Morgan fingerprint density at radius 1 is 1.21 bits per heavy atom. The van der Waals surface area contributed by atoms with E-state index in [4.69, 9.17) is 20.8 Å². The van der Waals surface area contributed by atoms with Crippen molar-refractivity contribution in [3.05, 3.63) is 23.5 Å². The van der Waals surface area contributed by atoms with Crippen LogP contribution in [0.15, 0.2) is 23.5 Å². The molecule has 4 aliphatic carbocycles. The Labute approximate surface area is 182 Å². The summed E-state index contributed by atoms with van der Waals surface area (Å²) < 4.78 is 12.3. The Hall–Kier alpha value is -0.763. The number of nitrogens with zero attached hydrogens (tertiary/aromatic N) is 1. The van der Waals surface area contributed by atoms with Gasteiger partial charge in [-0.1, -0.05) is 19.9 Å². The van der Waals surface area contributed by atoms with E-state index in [0.717, 1.165) is 37.9 Å². The van der Waals surface area contributed by atoms with E-state index >= 15 is 0 Å². The molecule has 0 N–H and O–H groups in total. The first-order chi connectivity index (χ1) is 13.6. The van der Waals surface area contributed by atoms with Gasteiger partial charge in [0.2, 0.25) is 8.32 Å². The highest BCUT2D eigenvalue weighted by Gasteiger charge is 2.65. The molecule has 2 fully saturated rings. The van der Waals surface area contributed by atoms with Crippen molar-refractivity contribution in [1.82, 2.24) is 0 Å². The molecule has 0 saturated heterocycles. The summed E-state index contributed by atoms with van der Waals surface area (Å²) in [5.74, 6) is 3.03. The van der Waals surface area contributed by atoms with Gasteiger partial charge in [0, 0.05) is 17.3 Å². The van der Waals surface area contributed by atoms with Gasteiger partial charge in [-0.05, 0) is 86.4 Å². The molecule has 0 aromatic heterocycles. The first-order valence-electron chi connectivity index (χ1n) is 11.3. The molecule has 0 aliphatic heterocycles. The van der Waals surface area contributed by atoms with E-state index in [1.54, 1.807) is 7.11 Å². The van der Waals surface area contributed by atoms with Crippen LogP contribution < -0.4 is 0 Å². The van der Waals surface area contributed by atoms with Crippen LogP contribution >= 0.6 is 11.6 Å². The molecule has 0 heterocycles. The monoisotopic (exact) mass is 433 g/mol. The highest BCUT2D eigenvalue weighted by molar-refractivity contribution is 6.77. The lowest BCUT2D eigenvalue weighted by molar-refractivity contribution is -0.0855. The second-order valence-corrected chi connectivity index (χ2v) is 15.7. The molecular formula is C24H36ClNO2Si. The Bertz CT molecular complexity index is 786. The van der Waals surface area contributed by atoms with Crippen LogP contribution in [0.4, 0.5) is 0 Å². The third-order valence-electron chi connectivity index (χ3n) is 9.07. The number of halogens is 1. The van der Waals surface area contributed by atoms with Crippen LogP contribution in [0.1, 0.15) is 58.8 Å². The molecule has 4 aliphatic rings. The zero-order valence-electron chi connectivity index (χ0n) is 18.7. The average Bonchev–Trinajstić information content (AvgIpc) is 2.99. The zero-order chi connectivity index (χ0) is 21.1. The number of ether oxygens (including phenoxy) is 1. The summed E-state index contributed by atoms with van der Waals surface area (Å²) in [7, 11) is -0.258. The molecule has 160 valence electrons. The number of alkyl halides is 1. The summed E-state index contributed by atoms with van der Waals surface area (Å²) in [6.07, 6.45) is 12.4. The number of hydrogen-bond acceptors (Lipinski definition) is 3. The van der Waals surface area contributed by atoms with Gasteiger partial charge in [0.25, 0.3) is 0 Å². The minimum absolute atomic E-state index is 0.0663. The van der Waals surface area contributed by atoms with Crippen molar-refractivity contribution in [3.8, 4) is 6.07 Å². The highest BCUT2D eigenvalue weighted by atomic mass is 35.5. The quantitative estimate of drug-likeness (QED) is 0.383. The molecule has 5 heteroatoms. The molecule has 4 rings (SSSR count). The lowest BCUT2D eigenvalue weighted by Crippen LogP contribution is -2.57. The topological polar surface area (TPSA) is 42.2 Å². The second kappa shape index (κ2) is 7.14. The zero-order valence-corrected chi connectivity index (χ0v) is 20.4. The van der Waals surface area contributed by atoms with Crippen LogP contribution in [0.25, 0.3) is 0 Å². The van der Waals surface area contributed by atoms with E-state index in [1.165, 1.54) is 18.4 Å². The second-order valence-electron chi connectivity index (χ2n) is 10.9. The Morgan fingerprint density at radius 2 is 1.93 bits per heavy atom. The Morgan fingerprint density at radius 3 is 2.59 bits per heavy atom. The summed E-state index contributed by atoms with van der Waals surface area (Å²) in [5, 5.41) is 10.3. The number of fused-ring (bicyclic) bond motifs is 5. The predicted molar refractivity (Wildman–Crippen MR) is 120 cm³/mol. The van der Waals surface area contributed by atoms with Crippen LogP contribution in [-0.4, -0.2) is 26.5 Å². The van der Waals surface area contributed by atoms with Gasteiger partial charge in [0.05, 0.1) is 18.9 Å². The third-order valence-corrected chi connectivity index (χ3v) is 12.5. The smallest absolute Gasteiger partial charge is 0.203 e. The van der Waals surface area contributed by atoms with Gasteiger partial charge in [0.1, 0.15) is 5.60 Å². The third kappa shape index (κ3) is 3.06. The summed E-state index contributed by atoms with van der Waals surface area (Å²) in [6.45, 7) is 9.14. The van der Waals surface area contributed by atoms with Crippen molar-refractivity contribution in [3.63, 3.8) is 0 Å². The molecule has 0 unspecified atom stereocenters. The van der Waals surface area contributed by atoms with Crippen LogP contribution in [0.2, 0.25) is 13.1 Å². The Balaban J connectivity index is 1.67. The highest BCUT2D eigenvalue weighted by Crippen LogP contribution is 2.67. The minimum atomic E-state index is -2.05. The number of nitriles is 1. The van der Waals surface area contributed by atoms with Crippen LogP contribution in [0.3, 0.4) is 0 Å². The lowest BCUT2D eigenvalue weighted by atomic mass is 9.47. The predicted octanol–water partition coefficient (Wildman–Crippen LogP) is 6.35. The summed E-state index contributed by atoms with van der Waals surface area (Å²) in [4.78, 5) is 0. The van der Waals surface area contributed by atoms with E-state index in [9.17, 15) is 5.26 Å². The van der Waals surface area contributed by atoms with Crippen LogP contribution in [-0.2, 0) is 9.16 Å². The van der Waals surface area contributed by atoms with E-state index in [2.05, 4.69) is 45.2 Å². The van der Waals surface area contributed by atoms with Gasteiger partial charge < -0.3 is 9.16 Å². The van der Waals surface area contributed by atoms with Gasteiger partial charge in [-0.3, -0.25) is 0 Å². The Kier molecular flexibility index (Phi) is 5.29. The van der Waals surface area contributed by atoms with Crippen LogP contribution in [0.5, 0.6) is 0 Å². The van der Waals surface area contributed by atoms with E-state index in [1.807, 2.05) is 0 Å². The summed E-state index contributed by atoms with van der Waals surface area (Å²) >= 11 is 6.24. The molecule has 29 heavy (non-hydrogen) atoms. The van der Waals surface area contributed by atoms with Crippen molar-refractivity contribution < 1.29 is 9.16 Å². The SMILES string of the molecule is COC1=CC2=CC[C@@H]3[C@H](CC[C@@]4(C)[C@H]3CC[C@@]4(C#N)O[Si](C)(C)CCl)[C@@]2(C)CC1. The maximum Gasteiger partial charge on any atom is 0.203 e. The molecule has 3 nitrogen and oxygen atoms in total. The largest absolute Gasteiger partial charge is 0.501 e. The van der Waals surface area contributed by atoms with Crippen molar-refractivity contribution >= 4 is 19.9 Å². The molecule has 2 saturated carbocycles. The van der Waals surface area contributed by atoms with Crippen molar-refractivity contribution in [1.29, 1.82) is 5.26 Å². The molecule has 0 bridgehead atoms. The fraction of sp³-hybridized carbons (Fsp3) is 0.792. The summed E-state index contributed by atoms with van der Waals surface area (Å²) in [5.41, 5.74) is 1.55. The van der Waals surface area contributed by atoms with Gasteiger partial charge in [0.15, 0.2) is 0 Å². The molecular weight excluding hydrogens is 398 g/mol. The maximum absolute atomic E-state index is 10.3. The molecule has 6 atom stereocenters. The fourth-order valence-electron chi connectivity index (χ4n) is 7.33. The van der Waals surface area contributed by atoms with Crippen molar-refractivity contribution in [2.24, 2.45) is 28.6 Å². The van der Waals surface area contributed by atoms with Crippen LogP contribution in [0, 0.1) is 39.9 Å². The maximum atomic E-state index is 10.3.